The number of hydrogen-bond donors (Lipinski definition) is 1. The molecule has 0 bridgehead atoms. The minimum absolute atomic E-state index is 0. The SMILES string of the molecule is CCCCOP(=O)(O)OCCCC.Cl. The molecule has 0 amide bonds. The van der Waals surface area contributed by atoms with Gasteiger partial charge in [-0.05, 0) is 12.8 Å². The highest BCUT2D eigenvalue weighted by molar-refractivity contribution is 7.47. The molecule has 0 aromatic heterocycles. The molecule has 0 atom stereocenters. The molecule has 4 nitrogen and oxygen atoms in total. The first kappa shape index (κ1) is 16.8. The van der Waals surface area contributed by atoms with Gasteiger partial charge in [0, 0.05) is 0 Å². The third kappa shape index (κ3) is 10.5. The summed E-state index contributed by atoms with van der Waals surface area (Å²) in [6, 6.07) is 0. The lowest BCUT2D eigenvalue weighted by atomic mass is 10.4. The molecule has 0 heterocycles. The predicted octanol–water partition coefficient (Wildman–Crippen LogP) is 3.14. The van der Waals surface area contributed by atoms with Crippen molar-refractivity contribution in [3.05, 3.63) is 0 Å². The summed E-state index contributed by atoms with van der Waals surface area (Å²) < 4.78 is 20.5. The van der Waals surface area contributed by atoms with Gasteiger partial charge in [0.2, 0.25) is 0 Å². The van der Waals surface area contributed by atoms with Gasteiger partial charge in [0.25, 0.3) is 0 Å². The molecule has 0 aliphatic rings. The van der Waals surface area contributed by atoms with Gasteiger partial charge < -0.3 is 4.89 Å². The molecule has 0 aromatic rings. The summed E-state index contributed by atoms with van der Waals surface area (Å²) in [4.78, 5) is 9.08. The molecule has 0 fully saturated rings. The summed E-state index contributed by atoms with van der Waals surface area (Å²) in [5.74, 6) is 0. The van der Waals surface area contributed by atoms with Crippen molar-refractivity contribution in [2.75, 3.05) is 13.2 Å². The van der Waals surface area contributed by atoms with E-state index >= 15 is 0 Å². The summed E-state index contributed by atoms with van der Waals surface area (Å²) in [5, 5.41) is 0. The Morgan fingerprint density at radius 1 is 1.07 bits per heavy atom. The van der Waals surface area contributed by atoms with Crippen LogP contribution in [-0.4, -0.2) is 18.1 Å². The summed E-state index contributed by atoms with van der Waals surface area (Å²) in [6.45, 7) is 4.56. The molecule has 0 aliphatic carbocycles. The number of phosphoric acid groups is 1. The van der Waals surface area contributed by atoms with Gasteiger partial charge in [0.15, 0.2) is 0 Å². The van der Waals surface area contributed by atoms with E-state index in [-0.39, 0.29) is 25.6 Å². The smallest absolute Gasteiger partial charge is 0.302 e. The minimum atomic E-state index is -3.75. The number of phosphoric ester groups is 1. The average Bonchev–Trinajstić information content (AvgIpc) is 2.05. The van der Waals surface area contributed by atoms with E-state index in [1.54, 1.807) is 0 Å². The Labute approximate surface area is 92.0 Å². The molecule has 0 aromatic carbocycles. The molecule has 0 rings (SSSR count). The van der Waals surface area contributed by atoms with Crippen molar-refractivity contribution in [2.24, 2.45) is 0 Å². The van der Waals surface area contributed by atoms with Gasteiger partial charge in [-0.25, -0.2) is 4.57 Å². The lowest BCUT2D eigenvalue weighted by molar-refractivity contribution is 0.146. The second-order valence-corrected chi connectivity index (χ2v) is 4.30. The van der Waals surface area contributed by atoms with Gasteiger partial charge in [-0.2, -0.15) is 0 Å². The van der Waals surface area contributed by atoms with Crippen molar-refractivity contribution >= 4 is 20.2 Å². The van der Waals surface area contributed by atoms with Gasteiger partial charge >= 0.3 is 7.82 Å². The molecule has 0 radical (unpaired) electrons. The van der Waals surface area contributed by atoms with E-state index in [2.05, 4.69) is 0 Å². The predicted molar refractivity (Wildman–Crippen MR) is 58.8 cm³/mol. The maximum Gasteiger partial charge on any atom is 0.472 e. The Hall–Kier alpha value is 0.400. The van der Waals surface area contributed by atoms with Crippen molar-refractivity contribution in [3.63, 3.8) is 0 Å². The third-order valence-electron chi connectivity index (χ3n) is 1.50. The van der Waals surface area contributed by atoms with E-state index in [1.807, 2.05) is 13.8 Å². The Bertz CT molecular complexity index is 151. The van der Waals surface area contributed by atoms with Crippen LogP contribution in [0.15, 0.2) is 0 Å². The van der Waals surface area contributed by atoms with Gasteiger partial charge in [0.05, 0.1) is 13.2 Å². The molecule has 0 saturated carbocycles. The average molecular weight is 247 g/mol. The van der Waals surface area contributed by atoms with Crippen LogP contribution in [0.5, 0.6) is 0 Å². The van der Waals surface area contributed by atoms with Gasteiger partial charge in [-0.1, -0.05) is 26.7 Å². The summed E-state index contributed by atoms with van der Waals surface area (Å²) in [7, 11) is -3.75. The lowest BCUT2D eigenvalue weighted by Crippen LogP contribution is -1.98. The molecule has 0 aliphatic heterocycles. The maximum absolute atomic E-state index is 11.1. The zero-order valence-corrected chi connectivity index (χ0v) is 10.5. The zero-order chi connectivity index (χ0) is 10.2. The lowest BCUT2D eigenvalue weighted by Gasteiger charge is -2.10. The molecule has 88 valence electrons. The van der Waals surface area contributed by atoms with Crippen LogP contribution in [-0.2, 0) is 13.6 Å². The van der Waals surface area contributed by atoms with Crippen LogP contribution in [0.1, 0.15) is 39.5 Å². The summed E-state index contributed by atoms with van der Waals surface area (Å²) >= 11 is 0. The second kappa shape index (κ2) is 9.94. The van der Waals surface area contributed by atoms with Crippen molar-refractivity contribution in [3.8, 4) is 0 Å². The van der Waals surface area contributed by atoms with Crippen LogP contribution in [0.4, 0.5) is 0 Å². The monoisotopic (exact) mass is 246 g/mol. The van der Waals surface area contributed by atoms with Gasteiger partial charge in [0.1, 0.15) is 0 Å². The van der Waals surface area contributed by atoms with Crippen LogP contribution in [0.3, 0.4) is 0 Å². The first-order valence-electron chi connectivity index (χ1n) is 4.74. The van der Waals surface area contributed by atoms with Crippen molar-refractivity contribution in [1.29, 1.82) is 0 Å². The largest absolute Gasteiger partial charge is 0.472 e. The number of rotatable bonds is 8. The fraction of sp³-hybridized carbons (Fsp3) is 1.00. The maximum atomic E-state index is 11.1. The fourth-order valence-corrected chi connectivity index (χ4v) is 1.48. The van der Waals surface area contributed by atoms with Crippen LogP contribution < -0.4 is 0 Å². The Kier molecular flexibility index (Phi) is 11.9. The molecule has 14 heavy (non-hydrogen) atoms. The first-order chi connectivity index (χ1) is 6.12. The summed E-state index contributed by atoms with van der Waals surface area (Å²) in [5.41, 5.74) is 0. The van der Waals surface area contributed by atoms with E-state index in [0.29, 0.717) is 0 Å². The van der Waals surface area contributed by atoms with Gasteiger partial charge in [-0.15, -0.1) is 12.4 Å². The Morgan fingerprint density at radius 3 is 1.71 bits per heavy atom. The highest BCUT2D eigenvalue weighted by Gasteiger charge is 2.19. The normalized spacial score (nSPS) is 11.1. The minimum Gasteiger partial charge on any atom is -0.302 e. The number of unbranched alkanes of at least 4 members (excludes halogenated alkanes) is 2. The molecule has 1 N–H and O–H groups in total. The highest BCUT2D eigenvalue weighted by Crippen LogP contribution is 2.43. The number of hydrogen-bond acceptors (Lipinski definition) is 3. The van der Waals surface area contributed by atoms with Crippen LogP contribution in [0.2, 0.25) is 0 Å². The molecular formula is C8H20ClO4P. The topological polar surface area (TPSA) is 55.8 Å². The van der Waals surface area contributed by atoms with Crippen LogP contribution in [0, 0.1) is 0 Å². The third-order valence-corrected chi connectivity index (χ3v) is 2.52. The molecule has 0 unspecified atom stereocenters. The van der Waals surface area contributed by atoms with Crippen LogP contribution in [0.25, 0.3) is 0 Å². The van der Waals surface area contributed by atoms with Crippen molar-refractivity contribution < 1.29 is 18.5 Å². The van der Waals surface area contributed by atoms with E-state index in [0.717, 1.165) is 25.7 Å². The van der Waals surface area contributed by atoms with E-state index in [9.17, 15) is 4.57 Å². The molecule has 0 saturated heterocycles. The van der Waals surface area contributed by atoms with Crippen LogP contribution >= 0.6 is 20.2 Å². The molecule has 6 heteroatoms. The number of halogens is 1. The van der Waals surface area contributed by atoms with Crippen molar-refractivity contribution in [2.45, 2.75) is 39.5 Å². The van der Waals surface area contributed by atoms with Gasteiger partial charge in [-0.3, -0.25) is 9.05 Å². The van der Waals surface area contributed by atoms with E-state index in [1.165, 1.54) is 0 Å². The highest BCUT2D eigenvalue weighted by atomic mass is 35.5. The summed E-state index contributed by atoms with van der Waals surface area (Å²) in [6.07, 6.45) is 3.44. The quantitative estimate of drug-likeness (QED) is 0.528. The van der Waals surface area contributed by atoms with Crippen molar-refractivity contribution in [1.82, 2.24) is 0 Å². The Morgan fingerprint density at radius 2 is 1.43 bits per heavy atom. The zero-order valence-electron chi connectivity index (χ0n) is 8.77. The van der Waals surface area contributed by atoms with E-state index < -0.39 is 7.82 Å². The van der Waals surface area contributed by atoms with E-state index in [4.69, 9.17) is 13.9 Å². The fourth-order valence-electron chi connectivity index (χ4n) is 0.686. The molecule has 0 spiro atoms. The Balaban J connectivity index is 0. The second-order valence-electron chi connectivity index (χ2n) is 2.84. The molecular weight excluding hydrogens is 227 g/mol. The first-order valence-corrected chi connectivity index (χ1v) is 6.23. The standard InChI is InChI=1S/C8H19O4P.ClH/c1-3-5-7-11-13(9,10)12-8-6-4-2;/h3-8H2,1-2H3,(H,9,10);1H.